The Bertz CT molecular complexity index is 839. The molecular weight excluding hydrogens is 302 g/mol. The molecule has 0 bridgehead atoms. The Morgan fingerprint density at radius 1 is 1.05 bits per heavy atom. The van der Waals surface area contributed by atoms with Gasteiger partial charge in [-0.3, -0.25) is 0 Å². The molecule has 0 radical (unpaired) electrons. The molecule has 1 aliphatic rings. The highest BCUT2D eigenvalue weighted by Gasteiger charge is 2.29. The van der Waals surface area contributed by atoms with Crippen molar-refractivity contribution in [3.05, 3.63) is 52.9 Å². The van der Waals surface area contributed by atoms with Crippen LogP contribution in [0, 0.1) is 0 Å². The first-order chi connectivity index (χ1) is 10.5. The molecular formula is C16H15NO4S. The molecule has 1 heterocycles. The number of anilines is 1. The predicted molar refractivity (Wildman–Crippen MR) is 84.5 cm³/mol. The number of nitrogens with two attached hydrogens (primary N) is 1. The standard InChI is InChI=1S/C16H15NO4S/c1-20-13-3-5-14(6-4-13)21-10-15-9-11-8-12(17)2-7-16(11)22(15,18)19/h2-9H,10,17H2,1H3. The second-order valence-corrected chi connectivity index (χ2v) is 6.85. The van der Waals surface area contributed by atoms with E-state index in [1.165, 1.54) is 6.07 Å². The summed E-state index contributed by atoms with van der Waals surface area (Å²) in [4.78, 5) is 0.499. The highest BCUT2D eigenvalue weighted by Crippen LogP contribution is 2.34. The van der Waals surface area contributed by atoms with Gasteiger partial charge in [0.2, 0.25) is 9.84 Å². The fourth-order valence-electron chi connectivity index (χ4n) is 2.26. The first-order valence-electron chi connectivity index (χ1n) is 6.63. The molecule has 2 N–H and O–H groups in total. The van der Waals surface area contributed by atoms with Crippen molar-refractivity contribution in [1.82, 2.24) is 0 Å². The lowest BCUT2D eigenvalue weighted by molar-refractivity contribution is 0.357. The Labute approximate surface area is 128 Å². The lowest BCUT2D eigenvalue weighted by Crippen LogP contribution is -2.09. The zero-order chi connectivity index (χ0) is 15.7. The van der Waals surface area contributed by atoms with Crippen LogP contribution in [0.1, 0.15) is 5.56 Å². The molecule has 6 heteroatoms. The maximum absolute atomic E-state index is 12.4. The van der Waals surface area contributed by atoms with E-state index in [0.717, 1.165) is 0 Å². The van der Waals surface area contributed by atoms with Crippen LogP contribution >= 0.6 is 0 Å². The summed E-state index contributed by atoms with van der Waals surface area (Å²) in [6, 6.07) is 11.7. The molecule has 1 aliphatic heterocycles. The molecule has 0 fully saturated rings. The van der Waals surface area contributed by atoms with Crippen LogP contribution in [-0.4, -0.2) is 22.1 Å². The first-order valence-corrected chi connectivity index (χ1v) is 8.11. The average Bonchev–Trinajstić information content (AvgIpc) is 2.75. The van der Waals surface area contributed by atoms with E-state index in [0.29, 0.717) is 22.7 Å². The molecule has 0 atom stereocenters. The summed E-state index contributed by atoms with van der Waals surface area (Å²) in [7, 11) is -1.91. The minimum atomic E-state index is -3.49. The molecule has 5 nitrogen and oxygen atoms in total. The van der Waals surface area contributed by atoms with E-state index in [-0.39, 0.29) is 16.4 Å². The zero-order valence-corrected chi connectivity index (χ0v) is 12.8. The van der Waals surface area contributed by atoms with Gasteiger partial charge in [0, 0.05) is 5.69 Å². The number of nitrogen functional groups attached to an aromatic ring is 1. The lowest BCUT2D eigenvalue weighted by Gasteiger charge is -2.08. The molecule has 3 rings (SSSR count). The van der Waals surface area contributed by atoms with Crippen molar-refractivity contribution < 1.29 is 17.9 Å². The molecule has 0 aliphatic carbocycles. The Balaban J connectivity index is 1.80. The van der Waals surface area contributed by atoms with Crippen molar-refractivity contribution in [2.45, 2.75) is 4.90 Å². The van der Waals surface area contributed by atoms with Crippen molar-refractivity contribution in [2.75, 3.05) is 19.5 Å². The van der Waals surface area contributed by atoms with Crippen LogP contribution in [0.25, 0.3) is 6.08 Å². The van der Waals surface area contributed by atoms with Gasteiger partial charge in [0.1, 0.15) is 18.1 Å². The second-order valence-electron chi connectivity index (χ2n) is 4.88. The fraction of sp³-hybridized carbons (Fsp3) is 0.125. The Morgan fingerprint density at radius 3 is 2.41 bits per heavy atom. The SMILES string of the molecule is COc1ccc(OCC2=Cc3cc(N)ccc3S2(=O)=O)cc1. The van der Waals surface area contributed by atoms with Crippen molar-refractivity contribution in [2.24, 2.45) is 0 Å². The van der Waals surface area contributed by atoms with Gasteiger partial charge < -0.3 is 15.2 Å². The number of methoxy groups -OCH3 is 1. The van der Waals surface area contributed by atoms with Gasteiger partial charge in [0.25, 0.3) is 0 Å². The molecule has 0 aromatic heterocycles. The maximum Gasteiger partial charge on any atom is 0.206 e. The number of benzene rings is 2. The molecule has 114 valence electrons. The quantitative estimate of drug-likeness (QED) is 0.877. The molecule has 0 amide bonds. The second kappa shape index (κ2) is 5.38. The average molecular weight is 317 g/mol. The van der Waals surface area contributed by atoms with E-state index >= 15 is 0 Å². The van der Waals surface area contributed by atoms with E-state index in [1.54, 1.807) is 49.6 Å². The summed E-state index contributed by atoms with van der Waals surface area (Å²) >= 11 is 0. The van der Waals surface area contributed by atoms with Crippen LogP contribution in [0.2, 0.25) is 0 Å². The summed E-state index contributed by atoms with van der Waals surface area (Å²) in [5.74, 6) is 1.29. The summed E-state index contributed by atoms with van der Waals surface area (Å²) in [6.45, 7) is -0.0246. The van der Waals surface area contributed by atoms with Crippen molar-refractivity contribution in [3.63, 3.8) is 0 Å². The van der Waals surface area contributed by atoms with Gasteiger partial charge in [0.15, 0.2) is 0 Å². The summed E-state index contributed by atoms with van der Waals surface area (Å²) in [5, 5.41) is 0. The van der Waals surface area contributed by atoms with Gasteiger partial charge in [-0.1, -0.05) is 0 Å². The number of sulfone groups is 1. The summed E-state index contributed by atoms with van der Waals surface area (Å²) in [6.07, 6.45) is 1.60. The lowest BCUT2D eigenvalue weighted by atomic mass is 10.2. The molecule has 0 saturated carbocycles. The van der Waals surface area contributed by atoms with Gasteiger partial charge in [-0.15, -0.1) is 0 Å². The summed E-state index contributed by atoms with van der Waals surface area (Å²) in [5.41, 5.74) is 6.83. The van der Waals surface area contributed by atoms with Crippen LogP contribution in [0.5, 0.6) is 11.5 Å². The maximum atomic E-state index is 12.4. The Morgan fingerprint density at radius 2 is 1.73 bits per heavy atom. The van der Waals surface area contributed by atoms with Gasteiger partial charge in [-0.25, -0.2) is 8.42 Å². The number of hydrogen-bond acceptors (Lipinski definition) is 5. The van der Waals surface area contributed by atoms with E-state index in [4.69, 9.17) is 15.2 Å². The Kier molecular flexibility index (Phi) is 3.54. The Hall–Kier alpha value is -2.47. The van der Waals surface area contributed by atoms with Crippen LogP contribution in [-0.2, 0) is 9.84 Å². The van der Waals surface area contributed by atoms with E-state index in [1.807, 2.05) is 0 Å². The van der Waals surface area contributed by atoms with Gasteiger partial charge in [0.05, 0.1) is 16.9 Å². The number of ether oxygens (including phenoxy) is 2. The van der Waals surface area contributed by atoms with E-state index in [2.05, 4.69) is 0 Å². The van der Waals surface area contributed by atoms with Crippen molar-refractivity contribution in [3.8, 4) is 11.5 Å². The van der Waals surface area contributed by atoms with E-state index in [9.17, 15) is 8.42 Å². The van der Waals surface area contributed by atoms with Crippen molar-refractivity contribution in [1.29, 1.82) is 0 Å². The van der Waals surface area contributed by atoms with Crippen LogP contribution < -0.4 is 15.2 Å². The highest BCUT2D eigenvalue weighted by molar-refractivity contribution is 7.95. The normalized spacial score (nSPS) is 15.0. The van der Waals surface area contributed by atoms with Gasteiger partial charge >= 0.3 is 0 Å². The summed E-state index contributed by atoms with van der Waals surface area (Å²) < 4.78 is 35.4. The topological polar surface area (TPSA) is 78.6 Å². The van der Waals surface area contributed by atoms with E-state index < -0.39 is 9.84 Å². The van der Waals surface area contributed by atoms with Crippen LogP contribution in [0.15, 0.2) is 52.3 Å². The minimum absolute atomic E-state index is 0.0246. The first kappa shape index (κ1) is 14.5. The monoisotopic (exact) mass is 317 g/mol. The molecule has 22 heavy (non-hydrogen) atoms. The van der Waals surface area contributed by atoms with Crippen molar-refractivity contribution >= 4 is 21.6 Å². The number of fused-ring (bicyclic) bond motifs is 1. The van der Waals surface area contributed by atoms with Gasteiger partial charge in [-0.05, 0) is 54.1 Å². The third-order valence-corrected chi connectivity index (χ3v) is 5.30. The smallest absolute Gasteiger partial charge is 0.206 e. The van der Waals surface area contributed by atoms with Gasteiger partial charge in [-0.2, -0.15) is 0 Å². The molecule has 2 aromatic carbocycles. The zero-order valence-electron chi connectivity index (χ0n) is 11.9. The molecule has 2 aromatic rings. The third-order valence-electron chi connectivity index (χ3n) is 3.43. The predicted octanol–water partition coefficient (Wildman–Crippen LogP) is 2.48. The fourth-order valence-corrected chi connectivity index (χ4v) is 3.72. The molecule has 0 unspecified atom stereocenters. The third kappa shape index (κ3) is 2.53. The number of hydrogen-bond donors (Lipinski definition) is 1. The minimum Gasteiger partial charge on any atom is -0.497 e. The highest BCUT2D eigenvalue weighted by atomic mass is 32.2. The molecule has 0 saturated heterocycles. The molecule has 0 spiro atoms. The van der Waals surface area contributed by atoms with Crippen LogP contribution in [0.3, 0.4) is 0 Å². The largest absolute Gasteiger partial charge is 0.497 e. The number of rotatable bonds is 4. The van der Waals surface area contributed by atoms with Crippen LogP contribution in [0.4, 0.5) is 5.69 Å².